The first-order chi connectivity index (χ1) is 12.4. The van der Waals surface area contributed by atoms with Gasteiger partial charge in [0, 0.05) is 24.4 Å². The molecule has 1 saturated heterocycles. The number of nitrogens with zero attached hydrogens (tertiary/aromatic N) is 1. The van der Waals surface area contributed by atoms with Crippen molar-refractivity contribution in [1.29, 1.82) is 0 Å². The van der Waals surface area contributed by atoms with Crippen LogP contribution in [0.25, 0.3) is 0 Å². The zero-order valence-electron chi connectivity index (χ0n) is 16.0. The maximum absolute atomic E-state index is 11.8. The Bertz CT molecular complexity index is 679. The van der Waals surface area contributed by atoms with E-state index in [1.54, 1.807) is 32.8 Å². The number of benzene rings is 1. The largest absolute Gasteiger partial charge is 0.496 e. The first-order valence-electron chi connectivity index (χ1n) is 9.06. The van der Waals surface area contributed by atoms with Crippen LogP contribution in [0, 0.1) is 0 Å². The number of rotatable bonds is 6. The van der Waals surface area contributed by atoms with E-state index in [2.05, 4.69) is 15.8 Å². The van der Waals surface area contributed by atoms with Gasteiger partial charge >= 0.3 is 11.8 Å². The maximum Gasteiger partial charge on any atom is 0.329 e. The van der Waals surface area contributed by atoms with Crippen LogP contribution < -0.4 is 20.4 Å². The average molecular weight is 361 g/mol. The van der Waals surface area contributed by atoms with E-state index in [9.17, 15) is 9.59 Å². The molecule has 0 aromatic heterocycles. The van der Waals surface area contributed by atoms with Crippen molar-refractivity contribution in [2.45, 2.75) is 46.2 Å². The molecular weight excluding hydrogens is 332 g/mol. The van der Waals surface area contributed by atoms with Crippen molar-refractivity contribution in [2.75, 3.05) is 20.2 Å². The number of nitrogens with one attached hydrogen (secondary N) is 3. The highest BCUT2D eigenvalue weighted by Crippen LogP contribution is 2.20. The van der Waals surface area contributed by atoms with Gasteiger partial charge in [0.1, 0.15) is 12.3 Å². The van der Waals surface area contributed by atoms with Crippen LogP contribution in [0.2, 0.25) is 0 Å². The lowest BCUT2D eigenvalue weighted by molar-refractivity contribution is -0.901. The third kappa shape index (κ3) is 5.56. The van der Waals surface area contributed by atoms with Gasteiger partial charge in [0.2, 0.25) is 0 Å². The summed E-state index contributed by atoms with van der Waals surface area (Å²) >= 11 is 0. The number of quaternary nitrogens is 1. The second-order valence-electron chi connectivity index (χ2n) is 6.93. The summed E-state index contributed by atoms with van der Waals surface area (Å²) in [6.45, 7) is 8.66. The second kappa shape index (κ2) is 9.33. The first-order valence-corrected chi connectivity index (χ1v) is 9.06. The van der Waals surface area contributed by atoms with E-state index in [-0.39, 0.29) is 6.04 Å². The van der Waals surface area contributed by atoms with E-state index in [0.717, 1.165) is 23.4 Å². The molecule has 1 fully saturated rings. The first kappa shape index (κ1) is 19.9. The summed E-state index contributed by atoms with van der Waals surface area (Å²) in [4.78, 5) is 24.9. The molecule has 1 aromatic rings. The molecule has 2 amide bonds. The molecule has 7 heteroatoms. The number of ether oxygens (including phenoxy) is 1. The monoisotopic (exact) mass is 361 g/mol. The van der Waals surface area contributed by atoms with Gasteiger partial charge < -0.3 is 15.0 Å². The van der Waals surface area contributed by atoms with Gasteiger partial charge in [-0.15, -0.1) is 0 Å². The lowest BCUT2D eigenvalue weighted by Gasteiger charge is -2.15. The highest BCUT2D eigenvalue weighted by atomic mass is 16.5. The van der Waals surface area contributed by atoms with Crippen molar-refractivity contribution in [2.24, 2.45) is 5.10 Å². The molecule has 1 aliphatic rings. The fraction of sp³-hybridized carbons (Fsp3) is 0.526. The molecule has 0 atom stereocenters. The van der Waals surface area contributed by atoms with Gasteiger partial charge in [0.15, 0.2) is 0 Å². The molecule has 2 rings (SSSR count). The average Bonchev–Trinajstić information content (AvgIpc) is 3.11. The van der Waals surface area contributed by atoms with Crippen LogP contribution in [-0.2, 0) is 16.1 Å². The summed E-state index contributed by atoms with van der Waals surface area (Å²) in [5, 5.41) is 6.59. The molecule has 1 aliphatic heterocycles. The molecule has 0 spiro atoms. The molecule has 0 aliphatic carbocycles. The van der Waals surface area contributed by atoms with Gasteiger partial charge in [-0.05, 0) is 44.5 Å². The quantitative estimate of drug-likeness (QED) is 0.386. The second-order valence-corrected chi connectivity index (χ2v) is 6.93. The van der Waals surface area contributed by atoms with E-state index < -0.39 is 11.8 Å². The lowest BCUT2D eigenvalue weighted by atomic mass is 10.1. The molecule has 1 heterocycles. The van der Waals surface area contributed by atoms with Gasteiger partial charge in [-0.2, -0.15) is 5.10 Å². The number of carbonyl (C=O) groups excluding carboxylic acids is 2. The Hall–Kier alpha value is -2.41. The fourth-order valence-corrected chi connectivity index (χ4v) is 3.04. The number of methoxy groups -OCH3 is 1. The lowest BCUT2D eigenvalue weighted by Crippen LogP contribution is -3.08. The van der Waals surface area contributed by atoms with E-state index in [4.69, 9.17) is 4.74 Å². The molecular formula is C19H29N4O3+. The van der Waals surface area contributed by atoms with E-state index >= 15 is 0 Å². The molecule has 0 bridgehead atoms. The van der Waals surface area contributed by atoms with Crippen LogP contribution in [0.4, 0.5) is 0 Å². The van der Waals surface area contributed by atoms with Gasteiger partial charge in [-0.1, -0.05) is 0 Å². The summed E-state index contributed by atoms with van der Waals surface area (Å²) in [5.74, 6) is -0.598. The van der Waals surface area contributed by atoms with Crippen molar-refractivity contribution in [1.82, 2.24) is 10.7 Å². The SMILES string of the molecule is COc1ccc(/C(C)=N\NC(=O)C(=O)NC(C)C)cc1C[NH+]1CCCC1. The predicted molar refractivity (Wildman–Crippen MR) is 100 cm³/mol. The van der Waals surface area contributed by atoms with E-state index in [1.807, 2.05) is 18.2 Å². The van der Waals surface area contributed by atoms with E-state index in [0.29, 0.717) is 5.71 Å². The Kier molecular flexibility index (Phi) is 7.15. The minimum Gasteiger partial charge on any atom is -0.496 e. The number of hydrazone groups is 1. The van der Waals surface area contributed by atoms with Crippen molar-refractivity contribution in [3.8, 4) is 5.75 Å². The van der Waals surface area contributed by atoms with Crippen LogP contribution in [0.15, 0.2) is 23.3 Å². The maximum atomic E-state index is 11.8. The molecule has 3 N–H and O–H groups in total. The van der Waals surface area contributed by atoms with Crippen LogP contribution in [-0.4, -0.2) is 43.8 Å². The molecule has 1 aromatic carbocycles. The van der Waals surface area contributed by atoms with Gasteiger partial charge in [0.25, 0.3) is 0 Å². The predicted octanol–water partition coefficient (Wildman–Crippen LogP) is 0.239. The zero-order chi connectivity index (χ0) is 19.1. The number of hydrogen-bond donors (Lipinski definition) is 3. The number of hydrogen-bond acceptors (Lipinski definition) is 4. The molecule has 26 heavy (non-hydrogen) atoms. The molecule has 0 saturated carbocycles. The smallest absolute Gasteiger partial charge is 0.329 e. The summed E-state index contributed by atoms with van der Waals surface area (Å²) in [6.07, 6.45) is 2.53. The summed E-state index contributed by atoms with van der Waals surface area (Å²) in [5.41, 5.74) is 4.96. The van der Waals surface area contributed by atoms with Crippen LogP contribution >= 0.6 is 0 Å². The zero-order valence-corrected chi connectivity index (χ0v) is 16.0. The summed E-state index contributed by atoms with van der Waals surface area (Å²) in [7, 11) is 1.67. The summed E-state index contributed by atoms with van der Waals surface area (Å²) < 4.78 is 5.48. The van der Waals surface area contributed by atoms with E-state index in [1.165, 1.54) is 25.9 Å². The Morgan fingerprint density at radius 2 is 1.92 bits per heavy atom. The molecule has 142 valence electrons. The highest BCUT2D eigenvalue weighted by molar-refractivity contribution is 6.35. The van der Waals surface area contributed by atoms with Crippen molar-refractivity contribution in [3.05, 3.63) is 29.3 Å². The number of amides is 2. The van der Waals surface area contributed by atoms with Crippen LogP contribution in [0.1, 0.15) is 44.7 Å². The fourth-order valence-electron chi connectivity index (χ4n) is 3.04. The topological polar surface area (TPSA) is 84.2 Å². The van der Waals surface area contributed by atoms with Gasteiger partial charge in [-0.3, -0.25) is 9.59 Å². The standard InChI is InChI=1S/C19H28N4O3/c1-13(2)20-18(24)19(25)22-21-14(3)15-7-8-17(26-4)16(11-15)12-23-9-5-6-10-23/h7-8,11,13H,5-6,9-10,12H2,1-4H3,(H,20,24)(H,22,25)/p+1/b21-14-. The van der Waals surface area contributed by atoms with Crippen LogP contribution in [0.5, 0.6) is 5.75 Å². The molecule has 0 radical (unpaired) electrons. The normalized spacial score (nSPS) is 15.2. The van der Waals surface area contributed by atoms with Crippen molar-refractivity contribution in [3.63, 3.8) is 0 Å². The third-order valence-corrected chi connectivity index (χ3v) is 4.40. The van der Waals surface area contributed by atoms with Gasteiger partial charge in [0.05, 0.1) is 25.9 Å². The van der Waals surface area contributed by atoms with Crippen LogP contribution in [0.3, 0.4) is 0 Å². The highest BCUT2D eigenvalue weighted by Gasteiger charge is 2.19. The Morgan fingerprint density at radius 3 is 2.54 bits per heavy atom. The molecule has 7 nitrogen and oxygen atoms in total. The van der Waals surface area contributed by atoms with Crippen molar-refractivity contribution >= 4 is 17.5 Å². The summed E-state index contributed by atoms with van der Waals surface area (Å²) in [6, 6.07) is 5.77. The minimum absolute atomic E-state index is 0.101. The number of carbonyl (C=O) groups is 2. The Labute approximate surface area is 154 Å². The third-order valence-electron chi connectivity index (χ3n) is 4.40. The Morgan fingerprint density at radius 1 is 1.23 bits per heavy atom. The Balaban J connectivity index is 2.08. The number of likely N-dealkylation sites (tertiary alicyclic amines) is 1. The van der Waals surface area contributed by atoms with Gasteiger partial charge in [-0.25, -0.2) is 5.43 Å². The minimum atomic E-state index is -0.770. The molecule has 0 unspecified atom stereocenters. The van der Waals surface area contributed by atoms with Crippen molar-refractivity contribution < 1.29 is 19.2 Å².